The maximum Gasteiger partial charge on any atom is 0.313 e. The number of esters is 1. The lowest BCUT2D eigenvalue weighted by molar-refractivity contribution is -0.384. The number of benzene rings is 1. The van der Waals surface area contributed by atoms with E-state index < -0.39 is 10.8 Å². The summed E-state index contributed by atoms with van der Waals surface area (Å²) in [7, 11) is 1.32. The van der Waals surface area contributed by atoms with E-state index in [0.717, 1.165) is 0 Å². The average Bonchev–Trinajstić information content (AvgIpc) is 2.86. The van der Waals surface area contributed by atoms with Gasteiger partial charge in [0.15, 0.2) is 0 Å². The Labute approximate surface area is 109 Å². The lowest BCUT2D eigenvalue weighted by Crippen LogP contribution is -2.32. The van der Waals surface area contributed by atoms with Crippen molar-refractivity contribution in [1.29, 1.82) is 0 Å². The topological polar surface area (TPSA) is 90.7 Å². The first-order valence-corrected chi connectivity index (χ1v) is 5.81. The molecule has 0 aromatic heterocycles. The van der Waals surface area contributed by atoms with Gasteiger partial charge in [0.2, 0.25) is 0 Å². The molecule has 7 nitrogen and oxygen atoms in total. The monoisotopic (exact) mass is 266 g/mol. The molecular weight excluding hydrogens is 252 g/mol. The number of nitrogens with zero attached hydrogens (tertiary/aromatic N) is 1. The summed E-state index contributed by atoms with van der Waals surface area (Å²) in [5.41, 5.74) is -0.0434. The van der Waals surface area contributed by atoms with Crippen LogP contribution in [0.25, 0.3) is 0 Å². The number of hydrogen-bond acceptors (Lipinski definition) is 6. The molecule has 19 heavy (non-hydrogen) atoms. The minimum Gasteiger partial charge on any atom is -0.488 e. The Kier molecular flexibility index (Phi) is 3.96. The summed E-state index contributed by atoms with van der Waals surface area (Å²) in [6.45, 7) is 0.981. The second kappa shape index (κ2) is 5.66. The van der Waals surface area contributed by atoms with Gasteiger partial charge in [0.1, 0.15) is 17.8 Å². The first kappa shape index (κ1) is 13.3. The number of hydrogen-bond donors (Lipinski definition) is 1. The molecule has 0 radical (unpaired) electrons. The third kappa shape index (κ3) is 3.00. The second-order valence-corrected chi connectivity index (χ2v) is 4.20. The summed E-state index contributed by atoms with van der Waals surface area (Å²) >= 11 is 0. The van der Waals surface area contributed by atoms with E-state index in [1.165, 1.54) is 19.2 Å². The van der Waals surface area contributed by atoms with Gasteiger partial charge in [-0.25, -0.2) is 0 Å². The van der Waals surface area contributed by atoms with Crippen molar-refractivity contribution in [2.24, 2.45) is 5.92 Å². The van der Waals surface area contributed by atoms with Crippen molar-refractivity contribution in [2.45, 2.75) is 6.10 Å². The Morgan fingerprint density at radius 3 is 2.95 bits per heavy atom. The highest BCUT2D eigenvalue weighted by atomic mass is 16.6. The van der Waals surface area contributed by atoms with Crippen LogP contribution >= 0.6 is 0 Å². The molecule has 1 saturated heterocycles. The number of nitro groups is 1. The van der Waals surface area contributed by atoms with Crippen LogP contribution in [0.4, 0.5) is 5.69 Å². The van der Waals surface area contributed by atoms with E-state index in [9.17, 15) is 14.9 Å². The number of rotatable bonds is 4. The largest absolute Gasteiger partial charge is 0.488 e. The van der Waals surface area contributed by atoms with E-state index in [0.29, 0.717) is 18.8 Å². The highest BCUT2D eigenvalue weighted by molar-refractivity contribution is 5.73. The Morgan fingerprint density at radius 1 is 1.47 bits per heavy atom. The lowest BCUT2D eigenvalue weighted by Gasteiger charge is -2.18. The quantitative estimate of drug-likeness (QED) is 0.491. The number of nitrogens with one attached hydrogen (secondary N) is 1. The van der Waals surface area contributed by atoms with Gasteiger partial charge in [0.25, 0.3) is 5.69 Å². The maximum atomic E-state index is 11.5. The molecule has 1 fully saturated rings. The molecule has 0 aliphatic carbocycles. The van der Waals surface area contributed by atoms with Crippen molar-refractivity contribution < 1.29 is 19.2 Å². The molecular formula is C12H14N2O5. The van der Waals surface area contributed by atoms with Gasteiger partial charge in [-0.2, -0.15) is 0 Å². The smallest absolute Gasteiger partial charge is 0.313 e. The Hall–Kier alpha value is -2.15. The summed E-state index contributed by atoms with van der Waals surface area (Å²) in [6.07, 6.45) is -0.380. The Balaban J connectivity index is 2.10. The van der Waals surface area contributed by atoms with Gasteiger partial charge in [-0.15, -0.1) is 0 Å². The van der Waals surface area contributed by atoms with Crippen molar-refractivity contribution in [1.82, 2.24) is 5.32 Å². The number of methoxy groups -OCH3 is 1. The fraction of sp³-hybridized carbons (Fsp3) is 0.417. The number of non-ortho nitro benzene ring substituents is 1. The summed E-state index contributed by atoms with van der Waals surface area (Å²) in [6, 6.07) is 5.90. The third-order valence-electron chi connectivity index (χ3n) is 2.98. The maximum absolute atomic E-state index is 11.5. The molecule has 2 atom stereocenters. The zero-order valence-corrected chi connectivity index (χ0v) is 10.4. The predicted molar refractivity (Wildman–Crippen MR) is 65.9 cm³/mol. The first-order valence-electron chi connectivity index (χ1n) is 5.81. The number of carbonyl (C=O) groups excluding carboxylic acids is 1. The van der Waals surface area contributed by atoms with Crippen LogP contribution < -0.4 is 10.1 Å². The van der Waals surface area contributed by atoms with E-state index >= 15 is 0 Å². The van der Waals surface area contributed by atoms with Crippen LogP contribution in [-0.4, -0.2) is 37.2 Å². The van der Waals surface area contributed by atoms with E-state index in [-0.39, 0.29) is 17.8 Å². The second-order valence-electron chi connectivity index (χ2n) is 4.20. The van der Waals surface area contributed by atoms with Crippen LogP contribution in [0.5, 0.6) is 5.75 Å². The van der Waals surface area contributed by atoms with Gasteiger partial charge < -0.3 is 14.8 Å². The zero-order chi connectivity index (χ0) is 13.8. The molecule has 1 aromatic rings. The van der Waals surface area contributed by atoms with Crippen LogP contribution in [0.2, 0.25) is 0 Å². The molecule has 1 aromatic carbocycles. The highest BCUT2D eigenvalue weighted by Gasteiger charge is 2.35. The zero-order valence-electron chi connectivity index (χ0n) is 10.4. The average molecular weight is 266 g/mol. The van der Waals surface area contributed by atoms with E-state index in [1.807, 2.05) is 0 Å². The van der Waals surface area contributed by atoms with E-state index in [1.54, 1.807) is 12.1 Å². The third-order valence-corrected chi connectivity index (χ3v) is 2.98. The molecule has 0 saturated carbocycles. The predicted octanol–water partition coefficient (Wildman–Crippen LogP) is 0.735. The van der Waals surface area contributed by atoms with Gasteiger partial charge >= 0.3 is 5.97 Å². The summed E-state index contributed by atoms with van der Waals surface area (Å²) < 4.78 is 10.3. The molecule has 0 amide bonds. The van der Waals surface area contributed by atoms with Crippen LogP contribution in [0, 0.1) is 16.0 Å². The minimum atomic E-state index is -0.489. The summed E-state index contributed by atoms with van der Waals surface area (Å²) in [5.74, 6) is -0.374. The van der Waals surface area contributed by atoms with Crippen molar-refractivity contribution in [2.75, 3.05) is 20.2 Å². The van der Waals surface area contributed by atoms with Crippen LogP contribution in [0.1, 0.15) is 0 Å². The summed E-state index contributed by atoms with van der Waals surface area (Å²) in [5, 5.41) is 13.7. The number of carbonyl (C=O) groups is 1. The van der Waals surface area contributed by atoms with E-state index in [4.69, 9.17) is 9.47 Å². The van der Waals surface area contributed by atoms with Crippen molar-refractivity contribution in [3.05, 3.63) is 34.4 Å². The minimum absolute atomic E-state index is 0.0434. The van der Waals surface area contributed by atoms with Gasteiger partial charge in [0.05, 0.1) is 18.1 Å². The van der Waals surface area contributed by atoms with Crippen molar-refractivity contribution in [3.8, 4) is 5.75 Å². The van der Waals surface area contributed by atoms with Crippen LogP contribution in [0.15, 0.2) is 24.3 Å². The molecule has 1 aliphatic heterocycles. The molecule has 7 heteroatoms. The molecule has 1 N–H and O–H groups in total. The van der Waals surface area contributed by atoms with Crippen LogP contribution in [0.3, 0.4) is 0 Å². The van der Waals surface area contributed by atoms with Crippen molar-refractivity contribution >= 4 is 11.7 Å². The van der Waals surface area contributed by atoms with Gasteiger partial charge in [-0.3, -0.25) is 14.9 Å². The summed E-state index contributed by atoms with van der Waals surface area (Å²) in [4.78, 5) is 21.7. The Morgan fingerprint density at radius 2 is 2.26 bits per heavy atom. The molecule has 1 aliphatic rings. The molecule has 2 unspecified atom stereocenters. The molecule has 102 valence electrons. The molecule has 2 rings (SSSR count). The van der Waals surface area contributed by atoms with Crippen molar-refractivity contribution in [3.63, 3.8) is 0 Å². The Bertz CT molecular complexity index is 491. The van der Waals surface area contributed by atoms with Gasteiger partial charge in [-0.05, 0) is 6.07 Å². The standard InChI is InChI=1S/C12H14N2O5/c1-18-12(15)10-6-13-7-11(10)19-9-4-2-3-8(5-9)14(16)17/h2-5,10-11,13H,6-7H2,1H3. The first-order chi connectivity index (χ1) is 9.11. The fourth-order valence-corrected chi connectivity index (χ4v) is 2.01. The van der Waals surface area contributed by atoms with E-state index in [2.05, 4.69) is 5.32 Å². The normalized spacial score (nSPS) is 21.9. The SMILES string of the molecule is COC(=O)C1CNCC1Oc1cccc([N+](=O)[O-])c1. The highest BCUT2D eigenvalue weighted by Crippen LogP contribution is 2.23. The van der Waals surface area contributed by atoms with Gasteiger partial charge in [0, 0.05) is 19.2 Å². The van der Waals surface area contributed by atoms with Gasteiger partial charge in [-0.1, -0.05) is 6.07 Å². The van der Waals surface area contributed by atoms with Crippen LogP contribution in [-0.2, 0) is 9.53 Å². The number of nitro benzene ring substituents is 1. The fourth-order valence-electron chi connectivity index (χ4n) is 2.01. The molecule has 0 spiro atoms. The molecule has 1 heterocycles. The number of ether oxygens (including phenoxy) is 2. The lowest BCUT2D eigenvalue weighted by atomic mass is 10.1. The molecule has 0 bridgehead atoms.